The molecule has 2 rings (SSSR count). The van der Waals surface area contributed by atoms with Gasteiger partial charge >= 0.3 is 0 Å². The van der Waals surface area contributed by atoms with Crippen LogP contribution in [-0.2, 0) is 11.2 Å². The molecule has 0 unspecified atom stereocenters. The highest BCUT2D eigenvalue weighted by Gasteiger charge is 2.27. The van der Waals surface area contributed by atoms with Crippen LogP contribution in [0, 0.1) is 5.92 Å². The largest absolute Gasteiger partial charge is 0.399 e. The van der Waals surface area contributed by atoms with Crippen LogP contribution >= 0.6 is 0 Å². The molecule has 0 saturated carbocycles. The van der Waals surface area contributed by atoms with E-state index in [4.69, 9.17) is 5.73 Å². The molecule has 0 aromatic heterocycles. The van der Waals surface area contributed by atoms with Crippen molar-refractivity contribution < 1.29 is 4.79 Å². The van der Waals surface area contributed by atoms with Crippen molar-refractivity contribution >= 4 is 17.3 Å². The van der Waals surface area contributed by atoms with Gasteiger partial charge in [0, 0.05) is 23.8 Å². The van der Waals surface area contributed by atoms with Crippen LogP contribution in [0.5, 0.6) is 0 Å². The van der Waals surface area contributed by atoms with E-state index in [-0.39, 0.29) is 5.92 Å². The molecule has 0 radical (unpaired) electrons. The molecule has 3 nitrogen and oxygen atoms in total. The van der Waals surface area contributed by atoms with E-state index in [0.717, 1.165) is 56.4 Å². The summed E-state index contributed by atoms with van der Waals surface area (Å²) in [6.45, 7) is 5.13. The Kier molecular flexibility index (Phi) is 5.05. The van der Waals surface area contributed by atoms with E-state index in [0.29, 0.717) is 5.91 Å². The minimum atomic E-state index is 0.164. The van der Waals surface area contributed by atoms with E-state index < -0.39 is 0 Å². The number of rotatable bonds is 5. The Morgan fingerprint density at radius 1 is 1.30 bits per heavy atom. The number of fused-ring (bicyclic) bond motifs is 1. The first kappa shape index (κ1) is 14.9. The Bertz CT molecular complexity index is 464. The molecule has 1 aromatic carbocycles. The van der Waals surface area contributed by atoms with Crippen molar-refractivity contribution in [1.29, 1.82) is 0 Å². The lowest BCUT2D eigenvalue weighted by molar-refractivity contribution is -0.122. The van der Waals surface area contributed by atoms with Gasteiger partial charge in [-0.2, -0.15) is 0 Å². The third kappa shape index (κ3) is 3.14. The molecule has 0 aliphatic carbocycles. The lowest BCUT2D eigenvalue weighted by Gasteiger charge is -2.32. The number of amides is 1. The number of hydrogen-bond acceptors (Lipinski definition) is 2. The summed E-state index contributed by atoms with van der Waals surface area (Å²) in [7, 11) is 0. The van der Waals surface area contributed by atoms with Crippen molar-refractivity contribution in [1.82, 2.24) is 0 Å². The summed E-state index contributed by atoms with van der Waals surface area (Å²) in [6, 6.07) is 5.96. The van der Waals surface area contributed by atoms with Crippen molar-refractivity contribution in [2.45, 2.75) is 52.4 Å². The number of benzene rings is 1. The number of carbonyl (C=O) groups excluding carboxylic acids is 1. The quantitative estimate of drug-likeness (QED) is 0.831. The molecular formula is C17H26N2O. The second-order valence-corrected chi connectivity index (χ2v) is 5.76. The van der Waals surface area contributed by atoms with Gasteiger partial charge in [-0.1, -0.05) is 32.8 Å². The number of aryl methyl sites for hydroxylation is 1. The molecule has 0 fully saturated rings. The molecule has 1 aliphatic rings. The average Bonchev–Trinajstić information content (AvgIpc) is 2.45. The van der Waals surface area contributed by atoms with Gasteiger partial charge < -0.3 is 10.6 Å². The van der Waals surface area contributed by atoms with Gasteiger partial charge in [0.05, 0.1) is 0 Å². The molecule has 0 saturated heterocycles. The Morgan fingerprint density at radius 3 is 2.65 bits per heavy atom. The van der Waals surface area contributed by atoms with Crippen LogP contribution in [0.4, 0.5) is 11.4 Å². The standard InChI is InChI=1S/C17H26N2O/c1-3-6-14(7-4-2)17(20)19-11-5-8-13-9-10-15(18)12-16(13)19/h9-10,12,14H,3-8,11,18H2,1-2H3. The number of nitrogen functional groups attached to an aromatic ring is 1. The molecule has 1 aliphatic heterocycles. The SMILES string of the molecule is CCCC(CCC)C(=O)N1CCCc2ccc(N)cc21. The Labute approximate surface area is 122 Å². The molecule has 3 heteroatoms. The van der Waals surface area contributed by atoms with Crippen molar-refractivity contribution in [3.8, 4) is 0 Å². The van der Waals surface area contributed by atoms with Crippen LogP contribution in [-0.4, -0.2) is 12.5 Å². The molecule has 2 N–H and O–H groups in total. The summed E-state index contributed by atoms with van der Waals surface area (Å²) >= 11 is 0. The summed E-state index contributed by atoms with van der Waals surface area (Å²) < 4.78 is 0. The summed E-state index contributed by atoms with van der Waals surface area (Å²) in [4.78, 5) is 14.8. The minimum absolute atomic E-state index is 0.164. The molecule has 20 heavy (non-hydrogen) atoms. The van der Waals surface area contributed by atoms with Crippen LogP contribution in [0.2, 0.25) is 0 Å². The highest BCUT2D eigenvalue weighted by molar-refractivity contribution is 5.96. The number of anilines is 2. The predicted octanol–water partition coefficient (Wildman–Crippen LogP) is 3.76. The first-order valence-corrected chi connectivity index (χ1v) is 7.87. The van der Waals surface area contributed by atoms with Gasteiger partial charge in [-0.3, -0.25) is 4.79 Å². The van der Waals surface area contributed by atoms with Gasteiger partial charge in [-0.05, 0) is 43.4 Å². The van der Waals surface area contributed by atoms with Crippen molar-refractivity contribution in [3.05, 3.63) is 23.8 Å². The van der Waals surface area contributed by atoms with E-state index in [9.17, 15) is 4.79 Å². The summed E-state index contributed by atoms with van der Waals surface area (Å²) in [5.41, 5.74) is 8.94. The fraction of sp³-hybridized carbons (Fsp3) is 0.588. The van der Waals surface area contributed by atoms with Gasteiger partial charge in [0.25, 0.3) is 0 Å². The van der Waals surface area contributed by atoms with Crippen molar-refractivity contribution in [3.63, 3.8) is 0 Å². The Morgan fingerprint density at radius 2 is 2.00 bits per heavy atom. The maximum atomic E-state index is 12.8. The average molecular weight is 274 g/mol. The van der Waals surface area contributed by atoms with Gasteiger partial charge in [0.2, 0.25) is 5.91 Å². The Balaban J connectivity index is 2.25. The first-order valence-electron chi connectivity index (χ1n) is 7.87. The maximum Gasteiger partial charge on any atom is 0.230 e. The molecule has 0 atom stereocenters. The van der Waals surface area contributed by atoms with Crippen LogP contribution in [0.1, 0.15) is 51.5 Å². The Hall–Kier alpha value is -1.51. The molecule has 110 valence electrons. The third-order valence-electron chi connectivity index (χ3n) is 4.12. The molecule has 0 spiro atoms. The smallest absolute Gasteiger partial charge is 0.230 e. The number of hydrogen-bond donors (Lipinski definition) is 1. The van der Waals surface area contributed by atoms with Crippen LogP contribution in [0.25, 0.3) is 0 Å². The van der Waals surface area contributed by atoms with E-state index in [2.05, 4.69) is 19.9 Å². The first-order chi connectivity index (χ1) is 9.67. The fourth-order valence-electron chi connectivity index (χ4n) is 3.13. The normalized spacial score (nSPS) is 14.4. The van der Waals surface area contributed by atoms with Crippen LogP contribution in [0.15, 0.2) is 18.2 Å². The fourth-order valence-corrected chi connectivity index (χ4v) is 3.13. The number of nitrogens with zero attached hydrogens (tertiary/aromatic N) is 1. The monoisotopic (exact) mass is 274 g/mol. The zero-order chi connectivity index (χ0) is 14.5. The highest BCUT2D eigenvalue weighted by Crippen LogP contribution is 2.31. The topological polar surface area (TPSA) is 46.3 Å². The van der Waals surface area contributed by atoms with Crippen LogP contribution in [0.3, 0.4) is 0 Å². The lowest BCUT2D eigenvalue weighted by atomic mass is 9.94. The molecular weight excluding hydrogens is 248 g/mol. The third-order valence-corrected chi connectivity index (χ3v) is 4.12. The van der Waals surface area contributed by atoms with Crippen molar-refractivity contribution in [2.24, 2.45) is 5.92 Å². The van der Waals surface area contributed by atoms with E-state index in [1.165, 1.54) is 5.56 Å². The maximum absolute atomic E-state index is 12.8. The second kappa shape index (κ2) is 6.78. The zero-order valence-electron chi connectivity index (χ0n) is 12.7. The van der Waals surface area contributed by atoms with E-state index in [1.807, 2.05) is 17.0 Å². The summed E-state index contributed by atoms with van der Waals surface area (Å²) in [5.74, 6) is 0.456. The molecule has 1 amide bonds. The molecule has 1 aromatic rings. The number of carbonyl (C=O) groups is 1. The predicted molar refractivity (Wildman–Crippen MR) is 84.8 cm³/mol. The summed E-state index contributed by atoms with van der Waals surface area (Å²) in [6.07, 6.45) is 6.20. The molecule has 0 bridgehead atoms. The van der Waals surface area contributed by atoms with Gasteiger partial charge in [-0.25, -0.2) is 0 Å². The van der Waals surface area contributed by atoms with Gasteiger partial charge in [0.1, 0.15) is 0 Å². The number of nitrogens with two attached hydrogens (primary N) is 1. The van der Waals surface area contributed by atoms with Crippen molar-refractivity contribution in [2.75, 3.05) is 17.2 Å². The lowest BCUT2D eigenvalue weighted by Crippen LogP contribution is -2.39. The van der Waals surface area contributed by atoms with Crippen LogP contribution < -0.4 is 10.6 Å². The van der Waals surface area contributed by atoms with E-state index >= 15 is 0 Å². The highest BCUT2D eigenvalue weighted by atomic mass is 16.2. The van der Waals surface area contributed by atoms with E-state index in [1.54, 1.807) is 0 Å². The van der Waals surface area contributed by atoms with Gasteiger partial charge in [0.15, 0.2) is 0 Å². The minimum Gasteiger partial charge on any atom is -0.399 e. The summed E-state index contributed by atoms with van der Waals surface area (Å²) in [5, 5.41) is 0. The van der Waals surface area contributed by atoms with Gasteiger partial charge in [-0.15, -0.1) is 0 Å². The molecule has 1 heterocycles. The zero-order valence-corrected chi connectivity index (χ0v) is 12.7. The second-order valence-electron chi connectivity index (χ2n) is 5.76.